The van der Waals surface area contributed by atoms with Crippen LogP contribution >= 0.6 is 0 Å². The molecule has 2 aliphatic rings. The molecule has 1 saturated heterocycles. The van der Waals surface area contributed by atoms with E-state index in [-0.39, 0.29) is 23.6 Å². The molecule has 2 amide bonds. The number of piperidine rings is 1. The molecule has 9 nitrogen and oxygen atoms in total. The van der Waals surface area contributed by atoms with Crippen molar-refractivity contribution >= 4 is 39.3 Å². The highest BCUT2D eigenvalue weighted by atomic mass is 32.2. The van der Waals surface area contributed by atoms with Crippen molar-refractivity contribution in [1.29, 1.82) is 0 Å². The van der Waals surface area contributed by atoms with Crippen molar-refractivity contribution in [3.63, 3.8) is 0 Å². The molecule has 0 bridgehead atoms. The summed E-state index contributed by atoms with van der Waals surface area (Å²) >= 11 is 0. The highest BCUT2D eigenvalue weighted by Crippen LogP contribution is 2.41. The highest BCUT2D eigenvalue weighted by Gasteiger charge is 2.37. The third-order valence-corrected chi connectivity index (χ3v) is 6.91. The van der Waals surface area contributed by atoms with E-state index in [1.807, 2.05) is 0 Å². The van der Waals surface area contributed by atoms with Crippen molar-refractivity contribution in [2.75, 3.05) is 41.1 Å². The van der Waals surface area contributed by atoms with Gasteiger partial charge in [0, 0.05) is 33.3 Å². The summed E-state index contributed by atoms with van der Waals surface area (Å²) in [6, 6.07) is 2.39. The Hall–Kier alpha value is -2.56. The molecular weight excluding hydrogens is 415 g/mol. The average molecular weight is 443 g/mol. The summed E-state index contributed by atoms with van der Waals surface area (Å²) < 4.78 is 46.4. The fourth-order valence-corrected chi connectivity index (χ4v) is 4.66. The molecule has 1 aromatic rings. The molecule has 1 fully saturated rings. The van der Waals surface area contributed by atoms with Crippen LogP contribution in [-0.4, -0.2) is 58.1 Å². The van der Waals surface area contributed by atoms with Crippen molar-refractivity contribution in [2.45, 2.75) is 39.2 Å². The lowest BCUT2D eigenvalue weighted by molar-refractivity contribution is -0.121. The molecule has 0 radical (unpaired) electrons. The van der Waals surface area contributed by atoms with Crippen molar-refractivity contribution in [1.82, 2.24) is 4.90 Å². The van der Waals surface area contributed by atoms with Crippen LogP contribution in [0.15, 0.2) is 12.1 Å². The number of benzene rings is 1. The number of nitrogens with zero attached hydrogens (tertiary/aromatic N) is 3. The van der Waals surface area contributed by atoms with E-state index in [0.717, 1.165) is 14.7 Å². The normalized spacial score (nSPS) is 20.7. The lowest BCUT2D eigenvalue weighted by Crippen LogP contribution is -2.45. The van der Waals surface area contributed by atoms with Gasteiger partial charge in [-0.2, -0.15) is 8.42 Å². The minimum Gasteiger partial charge on any atom is -0.444 e. The van der Waals surface area contributed by atoms with Crippen LogP contribution in [-0.2, 0) is 19.7 Å². The minimum atomic E-state index is -3.75. The Balaban J connectivity index is 1.74. The van der Waals surface area contributed by atoms with E-state index in [2.05, 4.69) is 5.32 Å². The number of ether oxygens (including phenoxy) is 1. The van der Waals surface area contributed by atoms with Crippen LogP contribution in [0.4, 0.5) is 26.2 Å². The summed E-state index contributed by atoms with van der Waals surface area (Å²) in [6.45, 7) is 5.96. The average Bonchev–Trinajstić information content (AvgIpc) is 2.81. The molecule has 0 unspecified atom stereocenters. The minimum absolute atomic E-state index is 0.106. The smallest absolute Gasteiger partial charge is 0.410 e. The van der Waals surface area contributed by atoms with Crippen LogP contribution in [0.1, 0.15) is 33.6 Å². The first-order valence-corrected chi connectivity index (χ1v) is 11.1. The molecule has 0 spiro atoms. The van der Waals surface area contributed by atoms with Crippen LogP contribution in [0.25, 0.3) is 0 Å². The molecule has 2 aliphatic heterocycles. The van der Waals surface area contributed by atoms with Crippen LogP contribution in [0.2, 0.25) is 0 Å². The summed E-state index contributed by atoms with van der Waals surface area (Å²) in [5.74, 6) is -1.69. The SMILES string of the molecule is CN1c2cc(F)c(NC(=O)[C@H]3CCCN(C(=O)OC(C)(C)C)C3)cc2N(C)S1(=O)=O. The molecule has 0 saturated carbocycles. The largest absolute Gasteiger partial charge is 0.444 e. The predicted molar refractivity (Wildman–Crippen MR) is 111 cm³/mol. The summed E-state index contributed by atoms with van der Waals surface area (Å²) in [6.07, 6.45) is 0.684. The lowest BCUT2D eigenvalue weighted by atomic mass is 9.97. The number of amides is 2. The topological polar surface area (TPSA) is 99.3 Å². The summed E-state index contributed by atoms with van der Waals surface area (Å²) in [5.41, 5.74) is -0.278. The first kappa shape index (κ1) is 22.1. The molecule has 0 aromatic heterocycles. The van der Waals surface area contributed by atoms with Gasteiger partial charge >= 0.3 is 16.3 Å². The fraction of sp³-hybridized carbons (Fsp3) is 0.579. The van der Waals surface area contributed by atoms with Gasteiger partial charge in [0.05, 0.1) is 23.0 Å². The second-order valence-corrected chi connectivity index (χ2v) is 10.5. The number of carbonyl (C=O) groups excluding carboxylic acids is 2. The second-order valence-electron chi connectivity index (χ2n) is 8.52. The number of rotatable bonds is 2. The van der Waals surface area contributed by atoms with Gasteiger partial charge in [-0.1, -0.05) is 0 Å². The number of anilines is 3. The number of likely N-dealkylation sites (tertiary alicyclic amines) is 1. The quantitative estimate of drug-likeness (QED) is 0.759. The van der Waals surface area contributed by atoms with Crippen molar-refractivity contribution < 1.29 is 27.1 Å². The summed E-state index contributed by atoms with van der Waals surface area (Å²) in [4.78, 5) is 26.5. The van der Waals surface area contributed by atoms with E-state index in [1.54, 1.807) is 20.8 Å². The Morgan fingerprint density at radius 3 is 2.37 bits per heavy atom. The Morgan fingerprint density at radius 1 is 1.17 bits per heavy atom. The highest BCUT2D eigenvalue weighted by molar-refractivity contribution is 7.94. The van der Waals surface area contributed by atoms with Crippen LogP contribution in [0.3, 0.4) is 0 Å². The third kappa shape index (κ3) is 4.16. The summed E-state index contributed by atoms with van der Waals surface area (Å²) in [7, 11) is -1.05. The number of fused-ring (bicyclic) bond motifs is 1. The van der Waals surface area contributed by atoms with E-state index < -0.39 is 39.5 Å². The Bertz CT molecular complexity index is 976. The number of carbonyl (C=O) groups is 2. The monoisotopic (exact) mass is 442 g/mol. The Labute approximate surface area is 175 Å². The number of hydrogen-bond donors (Lipinski definition) is 1. The zero-order valence-electron chi connectivity index (χ0n) is 17.7. The molecule has 0 aliphatic carbocycles. The predicted octanol–water partition coefficient (Wildman–Crippen LogP) is 2.54. The van der Waals surface area contributed by atoms with Gasteiger partial charge in [-0.3, -0.25) is 13.4 Å². The third-order valence-electron chi connectivity index (χ3n) is 5.14. The van der Waals surface area contributed by atoms with E-state index in [1.165, 1.54) is 25.1 Å². The number of halogens is 1. The molecule has 1 atom stereocenters. The van der Waals surface area contributed by atoms with Gasteiger partial charge in [0.15, 0.2) is 0 Å². The molecule has 1 aromatic carbocycles. The maximum atomic E-state index is 14.6. The molecule has 11 heteroatoms. The molecule has 166 valence electrons. The summed E-state index contributed by atoms with van der Waals surface area (Å²) in [5, 5.41) is 2.55. The van der Waals surface area contributed by atoms with Crippen molar-refractivity contribution in [2.24, 2.45) is 5.92 Å². The van der Waals surface area contributed by atoms with E-state index in [0.29, 0.717) is 19.4 Å². The van der Waals surface area contributed by atoms with Crippen LogP contribution in [0.5, 0.6) is 0 Å². The Kier molecular flexibility index (Phi) is 5.61. The molecule has 3 rings (SSSR count). The second kappa shape index (κ2) is 7.60. The van der Waals surface area contributed by atoms with Crippen molar-refractivity contribution in [3.05, 3.63) is 17.9 Å². The van der Waals surface area contributed by atoms with Gasteiger partial charge in [-0.25, -0.2) is 9.18 Å². The first-order chi connectivity index (χ1) is 13.8. The van der Waals surface area contributed by atoms with Crippen LogP contribution in [0, 0.1) is 11.7 Å². The molecular formula is C19H27FN4O5S. The van der Waals surface area contributed by atoms with Crippen molar-refractivity contribution in [3.8, 4) is 0 Å². The molecule has 30 heavy (non-hydrogen) atoms. The Morgan fingerprint density at radius 2 is 1.77 bits per heavy atom. The zero-order valence-corrected chi connectivity index (χ0v) is 18.5. The standard InChI is InChI=1S/C19H27FN4O5S/c1-19(2,3)29-18(26)24-8-6-7-12(11-24)17(25)21-14-10-16-15(9-13(14)20)22(4)30(27,28)23(16)5/h9-10,12H,6-8,11H2,1-5H3,(H,21,25)/t12-/m0/s1. The molecule has 1 N–H and O–H groups in total. The number of hydrogen-bond acceptors (Lipinski definition) is 5. The van der Waals surface area contributed by atoms with E-state index in [4.69, 9.17) is 4.74 Å². The fourth-order valence-electron chi connectivity index (χ4n) is 3.50. The van der Waals surface area contributed by atoms with Gasteiger partial charge in [0.25, 0.3) is 0 Å². The maximum absolute atomic E-state index is 14.6. The van der Waals surface area contributed by atoms with Gasteiger partial charge in [-0.05, 0) is 39.7 Å². The zero-order chi connectivity index (χ0) is 22.4. The maximum Gasteiger partial charge on any atom is 0.410 e. The first-order valence-electron chi connectivity index (χ1n) is 9.66. The number of nitrogens with one attached hydrogen (secondary N) is 1. The van der Waals surface area contributed by atoms with E-state index in [9.17, 15) is 22.4 Å². The van der Waals surface area contributed by atoms with Gasteiger partial charge in [0.1, 0.15) is 11.4 Å². The van der Waals surface area contributed by atoms with Gasteiger partial charge in [-0.15, -0.1) is 0 Å². The van der Waals surface area contributed by atoms with E-state index >= 15 is 0 Å². The van der Waals surface area contributed by atoms with Crippen LogP contribution < -0.4 is 13.9 Å². The molecule has 2 heterocycles. The van der Waals surface area contributed by atoms with Gasteiger partial charge < -0.3 is 15.0 Å². The lowest BCUT2D eigenvalue weighted by Gasteiger charge is -2.33. The van der Waals surface area contributed by atoms with Gasteiger partial charge in [0.2, 0.25) is 5.91 Å².